The molecule has 0 fully saturated rings. The molecule has 2 heterocycles. The zero-order chi connectivity index (χ0) is 21.5. The van der Waals surface area contributed by atoms with Crippen molar-refractivity contribution >= 4 is 17.5 Å². The Bertz CT molecular complexity index is 1170. The van der Waals surface area contributed by atoms with Crippen LogP contribution in [-0.2, 0) is 18.3 Å². The van der Waals surface area contributed by atoms with E-state index in [0.717, 1.165) is 41.8 Å². The number of carbonyl (C=O) groups is 1. The molecule has 0 spiro atoms. The van der Waals surface area contributed by atoms with Gasteiger partial charge in [0.25, 0.3) is 5.56 Å². The summed E-state index contributed by atoms with van der Waals surface area (Å²) in [5.74, 6) is 0.744. The molecule has 3 N–H and O–H groups in total. The fraction of sp³-hybridized carbons (Fsp3) is 0.364. The number of amides is 2. The topological polar surface area (TPSA) is 105 Å². The van der Waals surface area contributed by atoms with Crippen molar-refractivity contribution in [3.05, 3.63) is 63.2 Å². The number of aromatic amines is 1. The second-order valence-corrected chi connectivity index (χ2v) is 8.69. The van der Waals surface area contributed by atoms with Crippen LogP contribution in [0.1, 0.15) is 49.7 Å². The lowest BCUT2D eigenvalue weighted by Crippen LogP contribution is -2.23. The molecule has 3 aromatic rings. The summed E-state index contributed by atoms with van der Waals surface area (Å²) in [5, 5.41) is 10.3. The first-order valence-corrected chi connectivity index (χ1v) is 10.1. The van der Waals surface area contributed by atoms with Gasteiger partial charge in [0.2, 0.25) is 5.95 Å². The Kier molecular flexibility index (Phi) is 4.93. The van der Waals surface area contributed by atoms with E-state index in [2.05, 4.69) is 25.7 Å². The van der Waals surface area contributed by atoms with Crippen molar-refractivity contribution in [2.75, 3.05) is 10.6 Å². The molecule has 0 bridgehead atoms. The van der Waals surface area contributed by atoms with Crippen LogP contribution in [0, 0.1) is 6.92 Å². The number of aryl methyl sites for hydroxylation is 2. The monoisotopic (exact) mass is 406 g/mol. The van der Waals surface area contributed by atoms with Crippen molar-refractivity contribution in [1.29, 1.82) is 0 Å². The standard InChI is InChI=1S/C22H26N6O2/c1-13-7-5-8-14(11-13)23-21(30)25-18-12-17(22(2,3)4)27-28(18)20-24-16-10-6-9-15(16)19(29)26-20/h5,7-8,11-12H,6,9-10H2,1-4H3,(H2,23,25,30)(H,24,26,29). The lowest BCUT2D eigenvalue weighted by Gasteiger charge is -2.14. The molecule has 156 valence electrons. The number of hydrogen-bond donors (Lipinski definition) is 3. The number of rotatable bonds is 3. The molecule has 2 amide bonds. The highest BCUT2D eigenvalue weighted by atomic mass is 16.2. The van der Waals surface area contributed by atoms with Gasteiger partial charge in [-0.1, -0.05) is 32.9 Å². The van der Waals surface area contributed by atoms with E-state index >= 15 is 0 Å². The molecular weight excluding hydrogens is 380 g/mol. The SMILES string of the molecule is Cc1cccc(NC(=O)Nc2cc(C(C)(C)C)nn2-c2nc3c(c(=O)[nH]2)CCC3)c1. The molecule has 1 aromatic carbocycles. The number of aromatic nitrogens is 4. The predicted molar refractivity (Wildman–Crippen MR) is 117 cm³/mol. The van der Waals surface area contributed by atoms with Gasteiger partial charge in [-0.15, -0.1) is 0 Å². The van der Waals surface area contributed by atoms with Crippen LogP contribution < -0.4 is 16.2 Å². The number of nitrogens with zero attached hydrogens (tertiary/aromatic N) is 3. The summed E-state index contributed by atoms with van der Waals surface area (Å²) >= 11 is 0. The molecule has 0 atom stereocenters. The Hall–Kier alpha value is -3.42. The highest BCUT2D eigenvalue weighted by Crippen LogP contribution is 2.26. The van der Waals surface area contributed by atoms with Gasteiger partial charge in [-0.05, 0) is 43.9 Å². The minimum atomic E-state index is -0.397. The zero-order valence-corrected chi connectivity index (χ0v) is 17.7. The third-order valence-corrected chi connectivity index (χ3v) is 5.12. The molecule has 4 rings (SSSR count). The minimum absolute atomic E-state index is 0.143. The number of carbonyl (C=O) groups excluding carboxylic acids is 1. The van der Waals surface area contributed by atoms with Crippen LogP contribution in [0.25, 0.3) is 5.95 Å². The van der Waals surface area contributed by atoms with Crippen molar-refractivity contribution in [2.24, 2.45) is 0 Å². The molecule has 1 aliphatic rings. The van der Waals surface area contributed by atoms with Gasteiger partial charge in [-0.2, -0.15) is 9.78 Å². The van der Waals surface area contributed by atoms with Gasteiger partial charge in [0.05, 0.1) is 11.4 Å². The van der Waals surface area contributed by atoms with Crippen LogP contribution in [0.4, 0.5) is 16.3 Å². The van der Waals surface area contributed by atoms with Gasteiger partial charge in [-0.25, -0.2) is 9.78 Å². The zero-order valence-electron chi connectivity index (χ0n) is 17.7. The van der Waals surface area contributed by atoms with Gasteiger partial charge in [0, 0.05) is 22.7 Å². The van der Waals surface area contributed by atoms with Gasteiger partial charge in [0.1, 0.15) is 5.82 Å². The van der Waals surface area contributed by atoms with E-state index < -0.39 is 6.03 Å². The smallest absolute Gasteiger partial charge is 0.308 e. The average Bonchev–Trinajstić information content (AvgIpc) is 3.28. The number of hydrogen-bond acceptors (Lipinski definition) is 4. The Morgan fingerprint density at radius 3 is 2.70 bits per heavy atom. The highest BCUT2D eigenvalue weighted by molar-refractivity contribution is 5.99. The van der Waals surface area contributed by atoms with Gasteiger partial charge in [-0.3, -0.25) is 15.1 Å². The third kappa shape index (κ3) is 3.98. The van der Waals surface area contributed by atoms with Crippen molar-refractivity contribution in [3.8, 4) is 5.95 Å². The van der Waals surface area contributed by atoms with E-state index in [1.807, 2.05) is 58.0 Å². The second kappa shape index (κ2) is 7.44. The van der Waals surface area contributed by atoms with Gasteiger partial charge < -0.3 is 5.32 Å². The van der Waals surface area contributed by atoms with Gasteiger partial charge in [0.15, 0.2) is 0 Å². The number of anilines is 2. The lowest BCUT2D eigenvalue weighted by atomic mass is 9.92. The maximum atomic E-state index is 12.6. The molecule has 1 aliphatic carbocycles. The molecule has 0 radical (unpaired) electrons. The molecule has 0 aliphatic heterocycles. The molecular formula is C22H26N6O2. The Morgan fingerprint density at radius 2 is 1.97 bits per heavy atom. The predicted octanol–water partition coefficient (Wildman–Crippen LogP) is 3.69. The molecule has 2 aromatic heterocycles. The maximum Gasteiger partial charge on any atom is 0.324 e. The van der Waals surface area contributed by atoms with Crippen molar-refractivity contribution < 1.29 is 4.79 Å². The summed E-state index contributed by atoms with van der Waals surface area (Å²) in [7, 11) is 0. The van der Waals surface area contributed by atoms with E-state index in [1.165, 1.54) is 4.68 Å². The molecule has 8 heteroatoms. The number of nitrogens with one attached hydrogen (secondary N) is 3. The van der Waals surface area contributed by atoms with E-state index in [0.29, 0.717) is 17.5 Å². The Balaban J connectivity index is 1.69. The van der Waals surface area contributed by atoms with Crippen LogP contribution in [0.2, 0.25) is 0 Å². The summed E-state index contributed by atoms with van der Waals surface area (Å²) in [6.07, 6.45) is 2.44. The molecule has 0 saturated carbocycles. The average molecular weight is 406 g/mol. The maximum absolute atomic E-state index is 12.6. The van der Waals surface area contributed by atoms with E-state index in [-0.39, 0.29) is 11.0 Å². The quantitative estimate of drug-likeness (QED) is 0.617. The third-order valence-electron chi connectivity index (χ3n) is 5.12. The number of urea groups is 1. The molecule has 0 saturated heterocycles. The molecule has 8 nitrogen and oxygen atoms in total. The fourth-order valence-electron chi connectivity index (χ4n) is 3.53. The van der Waals surface area contributed by atoms with Crippen molar-refractivity contribution in [2.45, 2.75) is 52.4 Å². The fourth-order valence-corrected chi connectivity index (χ4v) is 3.53. The lowest BCUT2D eigenvalue weighted by molar-refractivity contribution is 0.262. The largest absolute Gasteiger partial charge is 0.324 e. The number of benzene rings is 1. The molecule has 30 heavy (non-hydrogen) atoms. The van der Waals surface area contributed by atoms with Crippen LogP contribution in [0.5, 0.6) is 0 Å². The van der Waals surface area contributed by atoms with E-state index in [1.54, 1.807) is 0 Å². The highest BCUT2D eigenvalue weighted by Gasteiger charge is 2.24. The second-order valence-electron chi connectivity index (χ2n) is 8.69. The van der Waals surface area contributed by atoms with Crippen LogP contribution in [0.3, 0.4) is 0 Å². The van der Waals surface area contributed by atoms with Crippen LogP contribution in [-0.4, -0.2) is 25.8 Å². The van der Waals surface area contributed by atoms with Crippen molar-refractivity contribution in [3.63, 3.8) is 0 Å². The van der Waals surface area contributed by atoms with E-state index in [4.69, 9.17) is 0 Å². The summed E-state index contributed by atoms with van der Waals surface area (Å²) in [6.45, 7) is 8.07. The van der Waals surface area contributed by atoms with Crippen LogP contribution in [0.15, 0.2) is 35.1 Å². The number of fused-ring (bicyclic) bond motifs is 1. The summed E-state index contributed by atoms with van der Waals surface area (Å²) in [5.41, 5.74) is 3.68. The van der Waals surface area contributed by atoms with Crippen molar-refractivity contribution in [1.82, 2.24) is 19.7 Å². The first kappa shape index (κ1) is 19.9. The normalized spacial score (nSPS) is 13.2. The summed E-state index contributed by atoms with van der Waals surface area (Å²) in [4.78, 5) is 32.6. The Labute approximate surface area is 174 Å². The first-order valence-electron chi connectivity index (χ1n) is 10.1. The van der Waals surface area contributed by atoms with Crippen LogP contribution >= 0.6 is 0 Å². The van der Waals surface area contributed by atoms with E-state index in [9.17, 15) is 9.59 Å². The number of H-pyrrole nitrogens is 1. The summed E-state index contributed by atoms with van der Waals surface area (Å²) < 4.78 is 1.50. The van der Waals surface area contributed by atoms with Gasteiger partial charge >= 0.3 is 6.03 Å². The Morgan fingerprint density at radius 1 is 1.17 bits per heavy atom. The summed E-state index contributed by atoms with van der Waals surface area (Å²) in [6, 6.07) is 8.96. The minimum Gasteiger partial charge on any atom is -0.308 e. The molecule has 0 unspecified atom stereocenters. The first-order chi connectivity index (χ1) is 14.2.